The number of hydrogen-bond donors (Lipinski definition) is 1. The molecular weight excluding hydrogens is 712 g/mol. The molecule has 0 bridgehead atoms. The van der Waals surface area contributed by atoms with Crippen LogP contribution >= 0.6 is 11.5 Å². The van der Waals surface area contributed by atoms with Crippen molar-refractivity contribution in [2.75, 3.05) is 50.9 Å². The second-order valence-electron chi connectivity index (χ2n) is 14.7. The van der Waals surface area contributed by atoms with Crippen molar-refractivity contribution >= 4 is 44.5 Å². The Kier molecular flexibility index (Phi) is 9.82. The summed E-state index contributed by atoms with van der Waals surface area (Å²) in [5.74, 6) is -0.923. The topological polar surface area (TPSA) is 149 Å². The SMILES string of the molecule is Cc1nc2c(cc(-c3nc(N4CCN(S(=O)(=O)C5CCOCC5)CC4)ns3)n2C)c(-c2cc(F)c3c(c2C)CCCO3)c1[C@H](OC(C)(C)C)C(=O)O. The molecule has 6 heterocycles. The van der Waals surface area contributed by atoms with Crippen LogP contribution in [0.5, 0.6) is 5.75 Å². The molecule has 0 aliphatic carbocycles. The molecule has 3 aromatic heterocycles. The number of hydrogen-bond acceptors (Lipinski definition) is 11. The Morgan fingerprint density at radius 2 is 1.81 bits per heavy atom. The second kappa shape index (κ2) is 13.9. The van der Waals surface area contributed by atoms with Crippen molar-refractivity contribution in [3.05, 3.63) is 40.3 Å². The van der Waals surface area contributed by atoms with Gasteiger partial charge in [0.05, 0.1) is 23.2 Å². The lowest BCUT2D eigenvalue weighted by Crippen LogP contribution is -2.52. The molecule has 1 N–H and O–H groups in total. The fourth-order valence-electron chi connectivity index (χ4n) is 7.55. The third-order valence-electron chi connectivity index (χ3n) is 10.2. The van der Waals surface area contributed by atoms with E-state index in [-0.39, 0.29) is 5.75 Å². The van der Waals surface area contributed by atoms with Gasteiger partial charge in [-0.2, -0.15) is 13.7 Å². The van der Waals surface area contributed by atoms with Gasteiger partial charge < -0.3 is 28.8 Å². The Balaban J connectivity index is 1.29. The number of aromatic nitrogens is 4. The monoisotopic (exact) mass is 756 g/mol. The first-order chi connectivity index (χ1) is 24.7. The summed E-state index contributed by atoms with van der Waals surface area (Å²) < 4.78 is 67.8. The van der Waals surface area contributed by atoms with E-state index in [2.05, 4.69) is 4.37 Å². The van der Waals surface area contributed by atoms with Crippen LogP contribution in [0.3, 0.4) is 0 Å². The number of rotatable bonds is 8. The van der Waals surface area contributed by atoms with E-state index in [0.29, 0.717) is 115 Å². The number of halogens is 1. The van der Waals surface area contributed by atoms with E-state index in [1.165, 1.54) is 17.6 Å². The van der Waals surface area contributed by atoms with Crippen molar-refractivity contribution in [2.24, 2.45) is 7.05 Å². The normalized spacial score (nSPS) is 18.4. The lowest BCUT2D eigenvalue weighted by molar-refractivity contribution is -0.160. The van der Waals surface area contributed by atoms with E-state index >= 15 is 4.39 Å². The highest BCUT2D eigenvalue weighted by molar-refractivity contribution is 7.89. The Morgan fingerprint density at radius 3 is 2.48 bits per heavy atom. The molecule has 4 aromatic rings. The van der Waals surface area contributed by atoms with Crippen molar-refractivity contribution in [3.8, 4) is 27.6 Å². The first-order valence-electron chi connectivity index (χ1n) is 17.7. The van der Waals surface area contributed by atoms with Crippen LogP contribution in [0, 0.1) is 19.7 Å². The second-order valence-corrected chi connectivity index (χ2v) is 17.7. The molecule has 0 spiro atoms. The molecule has 3 aliphatic heterocycles. The molecule has 0 radical (unpaired) electrons. The molecule has 2 fully saturated rings. The summed E-state index contributed by atoms with van der Waals surface area (Å²) in [5, 5.41) is 11.4. The highest BCUT2D eigenvalue weighted by Crippen LogP contribution is 2.46. The Labute approximate surface area is 306 Å². The predicted octanol–water partition coefficient (Wildman–Crippen LogP) is 5.41. The van der Waals surface area contributed by atoms with Crippen LogP contribution in [-0.2, 0) is 37.8 Å². The number of anilines is 1. The Hall–Kier alpha value is -3.70. The summed E-state index contributed by atoms with van der Waals surface area (Å²) in [6, 6.07) is 3.34. The van der Waals surface area contributed by atoms with Gasteiger partial charge >= 0.3 is 5.97 Å². The van der Waals surface area contributed by atoms with Crippen LogP contribution in [0.15, 0.2) is 12.1 Å². The van der Waals surface area contributed by atoms with Gasteiger partial charge in [-0.25, -0.2) is 22.6 Å². The molecule has 52 heavy (non-hydrogen) atoms. The number of aliphatic carboxylic acids is 1. The van der Waals surface area contributed by atoms with Gasteiger partial charge in [-0.15, -0.1) is 0 Å². The number of aryl methyl sites for hydroxylation is 2. The number of carbonyl (C=O) groups is 1. The van der Waals surface area contributed by atoms with Crippen molar-refractivity contribution in [1.29, 1.82) is 0 Å². The molecule has 0 unspecified atom stereocenters. The zero-order valence-corrected chi connectivity index (χ0v) is 32.0. The maximum absolute atomic E-state index is 15.8. The van der Waals surface area contributed by atoms with Crippen molar-refractivity contribution in [2.45, 2.75) is 77.3 Å². The van der Waals surface area contributed by atoms with Gasteiger partial charge in [-0.05, 0) is 95.1 Å². The Morgan fingerprint density at radius 1 is 1.10 bits per heavy atom. The minimum Gasteiger partial charge on any atom is -0.490 e. The minimum atomic E-state index is -3.41. The van der Waals surface area contributed by atoms with Crippen LogP contribution in [0.2, 0.25) is 0 Å². The highest BCUT2D eigenvalue weighted by atomic mass is 32.2. The molecule has 13 nitrogen and oxygen atoms in total. The maximum atomic E-state index is 15.8. The maximum Gasteiger partial charge on any atom is 0.337 e. The van der Waals surface area contributed by atoms with Crippen LogP contribution in [0.1, 0.15) is 68.5 Å². The number of benzene rings is 1. The minimum absolute atomic E-state index is 0.244. The van der Waals surface area contributed by atoms with E-state index < -0.39 is 38.8 Å². The third kappa shape index (κ3) is 6.68. The molecular formula is C36H45FN6O7S2. The summed E-state index contributed by atoms with van der Waals surface area (Å²) in [4.78, 5) is 24.7. The third-order valence-corrected chi connectivity index (χ3v) is 13.3. The largest absolute Gasteiger partial charge is 0.490 e. The number of sulfonamides is 1. The van der Waals surface area contributed by atoms with Gasteiger partial charge in [0.1, 0.15) is 5.65 Å². The molecule has 0 saturated carbocycles. The molecule has 0 amide bonds. The summed E-state index contributed by atoms with van der Waals surface area (Å²) in [6.45, 7) is 12.0. The summed E-state index contributed by atoms with van der Waals surface area (Å²) in [5.41, 5.74) is 3.95. The summed E-state index contributed by atoms with van der Waals surface area (Å²) >= 11 is 1.22. The van der Waals surface area contributed by atoms with Crippen LogP contribution in [-0.4, -0.2) is 99.6 Å². The zero-order valence-electron chi connectivity index (χ0n) is 30.4. The number of nitrogens with zero attached hydrogens (tertiary/aromatic N) is 6. The average molecular weight is 757 g/mol. The molecule has 1 atom stereocenters. The van der Waals surface area contributed by atoms with Gasteiger partial charge in [-0.1, -0.05) is 0 Å². The van der Waals surface area contributed by atoms with E-state index in [9.17, 15) is 18.3 Å². The van der Waals surface area contributed by atoms with Gasteiger partial charge in [0.2, 0.25) is 16.0 Å². The van der Waals surface area contributed by atoms with Crippen molar-refractivity contribution in [3.63, 3.8) is 0 Å². The van der Waals surface area contributed by atoms with Crippen LogP contribution in [0.25, 0.3) is 32.9 Å². The van der Waals surface area contributed by atoms with Crippen LogP contribution < -0.4 is 9.64 Å². The number of carboxylic acids is 1. The Bertz CT molecular complexity index is 2130. The summed E-state index contributed by atoms with van der Waals surface area (Å²) in [6.07, 6.45) is 1.02. The lowest BCUT2D eigenvalue weighted by Gasteiger charge is -2.36. The molecule has 1 aromatic carbocycles. The van der Waals surface area contributed by atoms with Crippen molar-refractivity contribution in [1.82, 2.24) is 23.2 Å². The van der Waals surface area contributed by atoms with Gasteiger partial charge in [0, 0.05) is 74.2 Å². The van der Waals surface area contributed by atoms with Gasteiger partial charge in [-0.3, -0.25) is 0 Å². The number of carboxylic acid groups (broad SMARTS) is 1. The van der Waals surface area contributed by atoms with E-state index in [1.54, 1.807) is 32.0 Å². The molecule has 280 valence electrons. The predicted molar refractivity (Wildman–Crippen MR) is 196 cm³/mol. The van der Waals surface area contributed by atoms with E-state index in [4.69, 9.17) is 24.2 Å². The number of ether oxygens (including phenoxy) is 3. The van der Waals surface area contributed by atoms with E-state index in [0.717, 1.165) is 17.5 Å². The number of fused-ring (bicyclic) bond motifs is 2. The first-order valence-corrected chi connectivity index (χ1v) is 19.9. The molecule has 2 saturated heterocycles. The molecule has 3 aliphatic rings. The standard InChI is InChI=1S/C36H45FN6O7S2/c1-20-23-8-7-15-49-30(23)26(37)18-24(20)29-25-19-27(41(6)32(25)38-21(2)28(29)31(34(44)45)50-36(3,4)5)33-39-35(40-51-33)42-11-13-43(14-12-42)52(46,47)22-9-16-48-17-10-22/h18-19,22,31H,7-17H2,1-6H3,(H,44,45)/t31-/m0/s1. The average Bonchev–Trinajstić information content (AvgIpc) is 3.73. The van der Waals surface area contributed by atoms with Gasteiger partial charge in [0.25, 0.3) is 0 Å². The van der Waals surface area contributed by atoms with Crippen molar-refractivity contribution < 1.29 is 36.9 Å². The number of pyridine rings is 1. The lowest BCUT2D eigenvalue weighted by atomic mass is 9.86. The zero-order chi connectivity index (χ0) is 37.1. The fourth-order valence-corrected chi connectivity index (χ4v) is 10.2. The summed E-state index contributed by atoms with van der Waals surface area (Å²) in [7, 11) is -1.55. The first kappa shape index (κ1) is 36.6. The highest BCUT2D eigenvalue weighted by Gasteiger charge is 2.37. The van der Waals surface area contributed by atoms with E-state index in [1.807, 2.05) is 29.5 Å². The molecule has 7 rings (SSSR count). The number of piperazine rings is 1. The fraction of sp³-hybridized carbons (Fsp3) is 0.556. The van der Waals surface area contributed by atoms with Gasteiger partial charge in [0.15, 0.2) is 22.7 Å². The van der Waals surface area contributed by atoms with Crippen LogP contribution in [0.4, 0.5) is 10.3 Å². The molecule has 16 heteroatoms. The quantitative estimate of drug-likeness (QED) is 0.246. The smallest absolute Gasteiger partial charge is 0.337 e.